The highest BCUT2D eigenvalue weighted by Gasteiger charge is 2.21. The Morgan fingerprint density at radius 2 is 2.07 bits per heavy atom. The molecule has 0 saturated carbocycles. The molecule has 0 saturated heterocycles. The van der Waals surface area contributed by atoms with Gasteiger partial charge in [0, 0.05) is 5.56 Å². The van der Waals surface area contributed by atoms with Gasteiger partial charge < -0.3 is 9.84 Å². The normalized spacial score (nSPS) is 10.7. The lowest BCUT2D eigenvalue weighted by Crippen LogP contribution is -2.14. The van der Waals surface area contributed by atoms with Crippen LogP contribution in [0.15, 0.2) is 18.2 Å². The van der Waals surface area contributed by atoms with Crippen LogP contribution in [0, 0.1) is 12.3 Å². The Kier molecular flexibility index (Phi) is 2.71. The van der Waals surface area contributed by atoms with Gasteiger partial charge in [-0.05, 0) is 32.0 Å². The van der Waals surface area contributed by atoms with Crippen molar-refractivity contribution in [2.75, 3.05) is 7.11 Å². The summed E-state index contributed by atoms with van der Waals surface area (Å²) < 4.78 is 5.07. The predicted octanol–water partition coefficient (Wildman–Crippen LogP) is 2.31. The van der Waals surface area contributed by atoms with Gasteiger partial charge in [-0.1, -0.05) is 5.92 Å². The van der Waals surface area contributed by atoms with Crippen LogP contribution in [0.5, 0.6) is 11.5 Å². The standard InChI is InChI=1S/C12H14O2/c1-5-12(2,3)10-8-9(14-4)6-7-11(10)13/h1,6-8,13H,2-4H3. The maximum absolute atomic E-state index is 9.65. The molecule has 2 nitrogen and oxygen atoms in total. The van der Waals surface area contributed by atoms with Gasteiger partial charge in [-0.25, -0.2) is 0 Å². The van der Waals surface area contributed by atoms with Crippen LogP contribution in [0.25, 0.3) is 0 Å². The number of rotatable bonds is 2. The fourth-order valence-corrected chi connectivity index (χ4v) is 1.22. The Morgan fingerprint density at radius 1 is 1.43 bits per heavy atom. The molecule has 0 aliphatic heterocycles. The first-order valence-corrected chi connectivity index (χ1v) is 4.36. The van der Waals surface area contributed by atoms with Gasteiger partial charge in [0.05, 0.1) is 12.5 Å². The van der Waals surface area contributed by atoms with Crippen molar-refractivity contribution in [1.29, 1.82) is 0 Å². The number of phenols is 1. The fourth-order valence-electron chi connectivity index (χ4n) is 1.22. The van der Waals surface area contributed by atoms with Crippen molar-refractivity contribution < 1.29 is 9.84 Å². The number of aromatic hydroxyl groups is 1. The molecule has 0 radical (unpaired) electrons. The Morgan fingerprint density at radius 3 is 2.57 bits per heavy atom. The van der Waals surface area contributed by atoms with E-state index in [4.69, 9.17) is 11.2 Å². The maximum atomic E-state index is 9.65. The molecule has 14 heavy (non-hydrogen) atoms. The number of phenolic OH excluding ortho intramolecular Hbond substituents is 1. The molecule has 1 aromatic rings. The third-order valence-electron chi connectivity index (χ3n) is 2.24. The second kappa shape index (κ2) is 3.63. The van der Waals surface area contributed by atoms with Gasteiger partial charge in [0.15, 0.2) is 0 Å². The van der Waals surface area contributed by atoms with E-state index in [0.29, 0.717) is 11.3 Å². The van der Waals surface area contributed by atoms with E-state index in [1.807, 2.05) is 13.8 Å². The van der Waals surface area contributed by atoms with E-state index in [-0.39, 0.29) is 5.75 Å². The summed E-state index contributed by atoms with van der Waals surface area (Å²) in [5, 5.41) is 9.65. The Balaban J connectivity index is 3.27. The van der Waals surface area contributed by atoms with Crippen molar-refractivity contribution in [3.05, 3.63) is 23.8 Å². The average molecular weight is 190 g/mol. The highest BCUT2D eigenvalue weighted by atomic mass is 16.5. The maximum Gasteiger partial charge on any atom is 0.120 e. The molecule has 0 atom stereocenters. The molecular formula is C12H14O2. The van der Waals surface area contributed by atoms with Gasteiger partial charge >= 0.3 is 0 Å². The van der Waals surface area contributed by atoms with Crippen LogP contribution in [0.2, 0.25) is 0 Å². The van der Waals surface area contributed by atoms with Crippen molar-refractivity contribution in [3.63, 3.8) is 0 Å². The molecule has 0 aromatic heterocycles. The van der Waals surface area contributed by atoms with Crippen LogP contribution >= 0.6 is 0 Å². The van der Waals surface area contributed by atoms with Gasteiger partial charge in [0.25, 0.3) is 0 Å². The molecule has 0 aliphatic carbocycles. The second-order valence-corrected chi connectivity index (χ2v) is 3.65. The molecule has 0 unspecified atom stereocenters. The molecule has 0 spiro atoms. The highest BCUT2D eigenvalue weighted by Crippen LogP contribution is 2.33. The zero-order valence-electron chi connectivity index (χ0n) is 8.66. The molecule has 0 heterocycles. The topological polar surface area (TPSA) is 29.5 Å². The van der Waals surface area contributed by atoms with E-state index >= 15 is 0 Å². The minimum atomic E-state index is -0.487. The van der Waals surface area contributed by atoms with E-state index in [1.54, 1.807) is 25.3 Å². The van der Waals surface area contributed by atoms with Gasteiger partial charge in [0.1, 0.15) is 11.5 Å². The third kappa shape index (κ3) is 1.82. The lowest BCUT2D eigenvalue weighted by Gasteiger charge is -2.19. The van der Waals surface area contributed by atoms with Crippen LogP contribution < -0.4 is 4.74 Å². The lowest BCUT2D eigenvalue weighted by atomic mass is 9.85. The Labute approximate surface area is 84.5 Å². The van der Waals surface area contributed by atoms with Gasteiger partial charge in [-0.15, -0.1) is 6.42 Å². The summed E-state index contributed by atoms with van der Waals surface area (Å²) in [4.78, 5) is 0. The van der Waals surface area contributed by atoms with E-state index in [9.17, 15) is 5.11 Å². The zero-order valence-corrected chi connectivity index (χ0v) is 8.66. The van der Waals surface area contributed by atoms with E-state index in [0.717, 1.165) is 0 Å². The average Bonchev–Trinajstić information content (AvgIpc) is 2.18. The van der Waals surface area contributed by atoms with Crippen LogP contribution in [0.4, 0.5) is 0 Å². The first-order valence-electron chi connectivity index (χ1n) is 4.36. The number of methoxy groups -OCH3 is 1. The number of ether oxygens (including phenoxy) is 1. The molecule has 0 aliphatic rings. The van der Waals surface area contributed by atoms with Crippen LogP contribution in [0.1, 0.15) is 19.4 Å². The Bertz CT molecular complexity index is 372. The molecule has 1 rings (SSSR count). The summed E-state index contributed by atoms with van der Waals surface area (Å²) in [7, 11) is 1.58. The van der Waals surface area contributed by atoms with Crippen molar-refractivity contribution in [2.45, 2.75) is 19.3 Å². The predicted molar refractivity (Wildman–Crippen MR) is 56.5 cm³/mol. The smallest absolute Gasteiger partial charge is 0.120 e. The first kappa shape index (κ1) is 10.5. The largest absolute Gasteiger partial charge is 0.508 e. The van der Waals surface area contributed by atoms with Gasteiger partial charge in [-0.3, -0.25) is 0 Å². The summed E-state index contributed by atoms with van der Waals surface area (Å²) in [6.45, 7) is 3.75. The van der Waals surface area contributed by atoms with Gasteiger partial charge in [-0.2, -0.15) is 0 Å². The lowest BCUT2D eigenvalue weighted by molar-refractivity contribution is 0.408. The minimum Gasteiger partial charge on any atom is -0.508 e. The van der Waals surface area contributed by atoms with Gasteiger partial charge in [0.2, 0.25) is 0 Å². The second-order valence-electron chi connectivity index (χ2n) is 3.65. The van der Waals surface area contributed by atoms with Crippen molar-refractivity contribution in [1.82, 2.24) is 0 Å². The number of hydrogen-bond acceptors (Lipinski definition) is 2. The summed E-state index contributed by atoms with van der Waals surface area (Å²) in [6, 6.07) is 5.05. The highest BCUT2D eigenvalue weighted by molar-refractivity contribution is 5.46. The van der Waals surface area contributed by atoms with Crippen LogP contribution in [0.3, 0.4) is 0 Å². The number of terminal acetylenes is 1. The monoisotopic (exact) mass is 190 g/mol. The summed E-state index contributed by atoms with van der Waals surface area (Å²) in [5.41, 5.74) is 0.220. The van der Waals surface area contributed by atoms with Crippen LogP contribution in [-0.4, -0.2) is 12.2 Å². The zero-order chi connectivity index (χ0) is 10.8. The summed E-state index contributed by atoms with van der Waals surface area (Å²) in [5.74, 6) is 3.53. The molecule has 1 N–H and O–H groups in total. The SMILES string of the molecule is C#CC(C)(C)c1cc(OC)ccc1O. The molecule has 2 heteroatoms. The number of hydrogen-bond donors (Lipinski definition) is 1. The van der Waals surface area contributed by atoms with Crippen molar-refractivity contribution in [3.8, 4) is 23.8 Å². The number of benzene rings is 1. The fraction of sp³-hybridized carbons (Fsp3) is 0.333. The first-order chi connectivity index (χ1) is 6.51. The molecular weight excluding hydrogens is 176 g/mol. The van der Waals surface area contributed by atoms with E-state index < -0.39 is 5.41 Å². The van der Waals surface area contributed by atoms with Crippen molar-refractivity contribution >= 4 is 0 Å². The molecule has 0 amide bonds. The molecule has 1 aromatic carbocycles. The summed E-state index contributed by atoms with van der Waals surface area (Å²) >= 11 is 0. The Hall–Kier alpha value is -1.62. The molecule has 0 fully saturated rings. The molecule has 0 bridgehead atoms. The minimum absolute atomic E-state index is 0.203. The van der Waals surface area contributed by atoms with Crippen molar-refractivity contribution in [2.24, 2.45) is 0 Å². The quantitative estimate of drug-likeness (QED) is 0.725. The van der Waals surface area contributed by atoms with Crippen LogP contribution in [-0.2, 0) is 5.41 Å². The third-order valence-corrected chi connectivity index (χ3v) is 2.24. The molecule has 74 valence electrons. The van der Waals surface area contributed by atoms with E-state index in [2.05, 4.69) is 5.92 Å². The summed E-state index contributed by atoms with van der Waals surface area (Å²) in [6.07, 6.45) is 5.40. The van der Waals surface area contributed by atoms with E-state index in [1.165, 1.54) is 0 Å².